The smallest absolute Gasteiger partial charge is 0.245 e. The second-order valence-corrected chi connectivity index (χ2v) is 7.50. The van der Waals surface area contributed by atoms with Gasteiger partial charge in [0.2, 0.25) is 11.9 Å². The predicted octanol–water partition coefficient (Wildman–Crippen LogP) is 2.38. The molecule has 3 aromatic rings. The molecule has 2 N–H and O–H groups in total. The van der Waals surface area contributed by atoms with Crippen LogP contribution < -0.4 is 15.6 Å². The van der Waals surface area contributed by atoms with Gasteiger partial charge in [-0.3, -0.25) is 4.79 Å². The van der Waals surface area contributed by atoms with Crippen LogP contribution >= 0.6 is 0 Å². The molecule has 1 aliphatic rings. The summed E-state index contributed by atoms with van der Waals surface area (Å²) in [5.41, 5.74) is 4.54. The summed E-state index contributed by atoms with van der Waals surface area (Å²) >= 11 is 0. The Labute approximate surface area is 185 Å². The van der Waals surface area contributed by atoms with E-state index in [9.17, 15) is 9.18 Å². The quantitative estimate of drug-likeness (QED) is 0.302. The van der Waals surface area contributed by atoms with Crippen molar-refractivity contribution in [2.24, 2.45) is 5.10 Å². The number of carbonyl (C=O) groups is 1. The van der Waals surface area contributed by atoms with Gasteiger partial charge in [-0.05, 0) is 18.9 Å². The van der Waals surface area contributed by atoms with Gasteiger partial charge in [-0.15, -0.1) is 0 Å². The molecule has 0 saturated carbocycles. The van der Waals surface area contributed by atoms with E-state index in [1.165, 1.54) is 0 Å². The highest BCUT2D eigenvalue weighted by atomic mass is 19.1. The molecule has 2 aromatic heterocycles. The highest BCUT2D eigenvalue weighted by molar-refractivity contribution is 6.00. The zero-order valence-electron chi connectivity index (χ0n) is 17.9. The standard InChI is InChI=1S/C22H26FN7O2/c1-32-11-8-24-20(31)15-30-14-16(17-6-2-3-7-19(17)30)12-26-28-22-25-13-18(23)21(27-22)29-9-4-5-10-29/h2-3,6-7,12-14H,4-5,8-11,15H2,1H3,(H,24,31)(H,25,27,28)/b26-12-. The molecule has 9 nitrogen and oxygen atoms in total. The third kappa shape index (κ3) is 5.02. The summed E-state index contributed by atoms with van der Waals surface area (Å²) in [6, 6.07) is 7.78. The van der Waals surface area contributed by atoms with Crippen molar-refractivity contribution < 1.29 is 13.9 Å². The van der Waals surface area contributed by atoms with E-state index in [2.05, 4.69) is 25.8 Å². The van der Waals surface area contributed by atoms with E-state index in [1.807, 2.05) is 39.9 Å². The Kier molecular flexibility index (Phi) is 6.90. The van der Waals surface area contributed by atoms with Gasteiger partial charge in [-0.1, -0.05) is 18.2 Å². The van der Waals surface area contributed by atoms with Crippen LogP contribution in [0.5, 0.6) is 0 Å². The van der Waals surface area contributed by atoms with Gasteiger partial charge in [0.1, 0.15) is 6.54 Å². The number of fused-ring (bicyclic) bond motifs is 1. The molecule has 10 heteroatoms. The number of benzene rings is 1. The average Bonchev–Trinajstić information content (AvgIpc) is 3.44. The number of anilines is 2. The maximum absolute atomic E-state index is 14.1. The summed E-state index contributed by atoms with van der Waals surface area (Å²) in [6.45, 7) is 2.69. The Morgan fingerprint density at radius 1 is 1.31 bits per heavy atom. The molecule has 168 valence electrons. The van der Waals surface area contributed by atoms with Crippen molar-refractivity contribution in [1.29, 1.82) is 0 Å². The number of halogens is 1. The van der Waals surface area contributed by atoms with Crippen LogP contribution in [0.1, 0.15) is 18.4 Å². The van der Waals surface area contributed by atoms with Gasteiger partial charge >= 0.3 is 0 Å². The van der Waals surface area contributed by atoms with Crippen LogP contribution in [-0.2, 0) is 16.1 Å². The van der Waals surface area contributed by atoms with Gasteiger partial charge in [-0.25, -0.2) is 14.8 Å². The molecule has 1 aliphatic heterocycles. The molecular weight excluding hydrogens is 413 g/mol. The minimum atomic E-state index is -0.437. The molecule has 0 bridgehead atoms. The minimum absolute atomic E-state index is 0.0985. The number of carbonyl (C=O) groups excluding carboxylic acids is 1. The molecule has 1 amide bonds. The maximum Gasteiger partial charge on any atom is 0.245 e. The fraction of sp³-hybridized carbons (Fsp3) is 0.364. The predicted molar refractivity (Wildman–Crippen MR) is 121 cm³/mol. The maximum atomic E-state index is 14.1. The number of nitrogens with one attached hydrogen (secondary N) is 2. The number of ether oxygens (including phenoxy) is 1. The van der Waals surface area contributed by atoms with Crippen molar-refractivity contribution in [2.45, 2.75) is 19.4 Å². The van der Waals surface area contributed by atoms with Crippen LogP contribution in [0.4, 0.5) is 16.2 Å². The van der Waals surface area contributed by atoms with E-state index in [0.717, 1.165) is 48.6 Å². The largest absolute Gasteiger partial charge is 0.383 e. The summed E-state index contributed by atoms with van der Waals surface area (Å²) in [5, 5.41) is 8.02. The lowest BCUT2D eigenvalue weighted by Gasteiger charge is -2.16. The van der Waals surface area contributed by atoms with Crippen LogP contribution in [0.2, 0.25) is 0 Å². The van der Waals surface area contributed by atoms with Crippen LogP contribution in [0.25, 0.3) is 10.9 Å². The van der Waals surface area contributed by atoms with E-state index in [0.29, 0.717) is 19.0 Å². The monoisotopic (exact) mass is 439 g/mol. The van der Waals surface area contributed by atoms with Crippen LogP contribution in [0.3, 0.4) is 0 Å². The Hall–Kier alpha value is -3.53. The third-order valence-corrected chi connectivity index (χ3v) is 5.26. The lowest BCUT2D eigenvalue weighted by molar-refractivity contribution is -0.121. The molecule has 32 heavy (non-hydrogen) atoms. The van der Waals surface area contributed by atoms with Gasteiger partial charge in [0.05, 0.1) is 19.0 Å². The molecule has 0 spiro atoms. The van der Waals surface area contributed by atoms with Crippen molar-refractivity contribution in [3.05, 3.63) is 48.0 Å². The average molecular weight is 439 g/mol. The number of aromatic nitrogens is 3. The van der Waals surface area contributed by atoms with E-state index in [1.54, 1.807) is 13.3 Å². The molecule has 0 unspecified atom stereocenters. The first-order valence-electron chi connectivity index (χ1n) is 10.6. The molecule has 0 aliphatic carbocycles. The van der Waals surface area contributed by atoms with Gasteiger partial charge in [0, 0.05) is 49.4 Å². The fourth-order valence-electron chi connectivity index (χ4n) is 3.73. The number of amides is 1. The van der Waals surface area contributed by atoms with E-state index < -0.39 is 5.82 Å². The third-order valence-electron chi connectivity index (χ3n) is 5.26. The van der Waals surface area contributed by atoms with Gasteiger partial charge in [0.15, 0.2) is 11.6 Å². The number of hydrogen-bond donors (Lipinski definition) is 2. The summed E-state index contributed by atoms with van der Waals surface area (Å²) in [5.74, 6) is -0.0102. The molecule has 1 aromatic carbocycles. The number of rotatable bonds is 9. The van der Waals surface area contributed by atoms with Gasteiger partial charge < -0.3 is 19.5 Å². The first-order chi connectivity index (χ1) is 15.7. The van der Waals surface area contributed by atoms with Crippen molar-refractivity contribution in [3.8, 4) is 0 Å². The Morgan fingerprint density at radius 2 is 2.12 bits per heavy atom. The zero-order chi connectivity index (χ0) is 22.3. The number of methoxy groups -OCH3 is 1. The summed E-state index contributed by atoms with van der Waals surface area (Å²) < 4.78 is 20.9. The van der Waals surface area contributed by atoms with E-state index >= 15 is 0 Å². The molecule has 1 saturated heterocycles. The molecule has 1 fully saturated rings. The Bertz CT molecular complexity index is 1110. The summed E-state index contributed by atoms with van der Waals surface area (Å²) in [4.78, 5) is 22.4. The van der Waals surface area contributed by atoms with Crippen LogP contribution in [0.15, 0.2) is 41.8 Å². The van der Waals surface area contributed by atoms with Gasteiger partial charge in [0.25, 0.3) is 0 Å². The Morgan fingerprint density at radius 3 is 2.94 bits per heavy atom. The van der Waals surface area contributed by atoms with Crippen molar-refractivity contribution in [3.63, 3.8) is 0 Å². The number of hydrogen-bond acceptors (Lipinski definition) is 7. The highest BCUT2D eigenvalue weighted by Crippen LogP contribution is 2.22. The number of para-hydroxylation sites is 1. The van der Waals surface area contributed by atoms with Crippen molar-refractivity contribution in [1.82, 2.24) is 19.9 Å². The molecule has 0 radical (unpaired) electrons. The van der Waals surface area contributed by atoms with Crippen LogP contribution in [0, 0.1) is 5.82 Å². The van der Waals surface area contributed by atoms with Gasteiger partial charge in [-0.2, -0.15) is 10.1 Å². The number of nitrogens with zero attached hydrogens (tertiary/aromatic N) is 5. The first-order valence-corrected chi connectivity index (χ1v) is 10.6. The van der Waals surface area contributed by atoms with E-state index in [4.69, 9.17) is 4.74 Å². The van der Waals surface area contributed by atoms with Crippen LogP contribution in [-0.4, -0.2) is 60.0 Å². The number of hydrazone groups is 1. The molecule has 4 rings (SSSR count). The second kappa shape index (κ2) is 10.2. The van der Waals surface area contributed by atoms with E-state index in [-0.39, 0.29) is 18.4 Å². The summed E-state index contributed by atoms with van der Waals surface area (Å²) in [6.07, 6.45) is 6.72. The zero-order valence-corrected chi connectivity index (χ0v) is 17.9. The topological polar surface area (TPSA) is 96.7 Å². The SMILES string of the molecule is COCCNC(=O)Cn1cc(/C=N\Nc2ncc(F)c(N3CCCC3)n2)c2ccccc21. The van der Waals surface area contributed by atoms with Crippen molar-refractivity contribution in [2.75, 3.05) is 43.7 Å². The summed E-state index contributed by atoms with van der Waals surface area (Å²) in [7, 11) is 1.59. The Balaban J connectivity index is 1.48. The fourth-order valence-corrected chi connectivity index (χ4v) is 3.73. The minimum Gasteiger partial charge on any atom is -0.383 e. The molecule has 0 atom stereocenters. The lowest BCUT2D eigenvalue weighted by atomic mass is 10.2. The lowest BCUT2D eigenvalue weighted by Crippen LogP contribution is -2.30. The second-order valence-electron chi connectivity index (χ2n) is 7.50. The van der Waals surface area contributed by atoms with Crippen molar-refractivity contribution >= 4 is 34.8 Å². The first kappa shape index (κ1) is 21.7. The molecular formula is C22H26FN7O2. The molecule has 3 heterocycles. The normalized spacial score (nSPS) is 13.9. The highest BCUT2D eigenvalue weighted by Gasteiger charge is 2.18.